The van der Waals surface area contributed by atoms with E-state index in [0.29, 0.717) is 0 Å². The van der Waals surface area contributed by atoms with E-state index < -0.39 is 6.71 Å². The van der Waals surface area contributed by atoms with E-state index in [0.717, 1.165) is 5.72 Å². The molecule has 1 aromatic heterocycles. The summed E-state index contributed by atoms with van der Waals surface area (Å²) in [7, 11) is 0. The van der Waals surface area contributed by atoms with E-state index in [1.54, 1.807) is 0 Å². The molecule has 0 atom stereocenters. The van der Waals surface area contributed by atoms with E-state index >= 15 is 0 Å². The molecule has 0 unspecified atom stereocenters. The number of hydrogen-bond donors (Lipinski definition) is 0. The second kappa shape index (κ2) is 4.85. The molecule has 5 heteroatoms. The molecular weight excluding hydrogens is 199 g/mol. The summed E-state index contributed by atoms with van der Waals surface area (Å²) in [6.07, 6.45) is 3.86. The van der Waals surface area contributed by atoms with E-state index in [1.165, 1.54) is 0 Å². The van der Waals surface area contributed by atoms with Crippen LogP contribution in [-0.2, 0) is 0 Å². The third-order valence-electron chi connectivity index (χ3n) is 2.55. The quantitative estimate of drug-likeness (QED) is 0.552. The molecule has 1 rings (SSSR count). The first-order chi connectivity index (χ1) is 7.52. The van der Waals surface area contributed by atoms with Gasteiger partial charge >= 0.3 is 0 Å². The van der Waals surface area contributed by atoms with Gasteiger partial charge in [-0.15, -0.1) is 0 Å². The molecule has 0 spiro atoms. The van der Waals surface area contributed by atoms with Gasteiger partial charge in [0.2, 0.25) is 6.71 Å². The van der Waals surface area contributed by atoms with Crippen molar-refractivity contribution in [2.75, 3.05) is 0 Å². The Bertz CT molecular complexity index is 408. The minimum absolute atomic E-state index is 0.249. The average Bonchev–Trinajstić information content (AvgIpc) is 2.64. The Kier molecular flexibility index (Phi) is 3.74. The van der Waals surface area contributed by atoms with E-state index in [2.05, 4.69) is 0 Å². The van der Waals surface area contributed by atoms with Crippen molar-refractivity contribution >= 4 is 12.4 Å². The standard InChI is InChI=1S/C11H16BN4/c1-9(2)15-5-6-16(10(3)4)11(15)12(7-13)8-14/h5-6,9-10H,1-4H3. The summed E-state index contributed by atoms with van der Waals surface area (Å²) in [5, 5.41) is 18.0. The van der Waals surface area contributed by atoms with Crippen LogP contribution in [0.15, 0.2) is 12.4 Å². The van der Waals surface area contributed by atoms with Gasteiger partial charge in [0.05, 0.1) is 17.8 Å². The van der Waals surface area contributed by atoms with E-state index in [1.807, 2.05) is 61.2 Å². The van der Waals surface area contributed by atoms with E-state index in [4.69, 9.17) is 10.5 Å². The summed E-state index contributed by atoms with van der Waals surface area (Å²) < 4.78 is 3.97. The zero-order valence-corrected chi connectivity index (χ0v) is 10.2. The summed E-state index contributed by atoms with van der Waals surface area (Å²) in [4.78, 5) is 0. The molecule has 0 aromatic carbocycles. The lowest BCUT2D eigenvalue weighted by atomic mass is 9.52. The lowest BCUT2D eigenvalue weighted by Gasteiger charge is -2.16. The highest BCUT2D eigenvalue weighted by Crippen LogP contribution is 2.02. The van der Waals surface area contributed by atoms with Gasteiger partial charge in [-0.1, -0.05) is 0 Å². The fraction of sp³-hybridized carbons (Fsp3) is 0.545. The van der Waals surface area contributed by atoms with Gasteiger partial charge in [-0.05, 0) is 27.7 Å². The average molecular weight is 215 g/mol. The highest BCUT2D eigenvalue weighted by molar-refractivity contribution is 6.84. The minimum atomic E-state index is -0.709. The van der Waals surface area contributed by atoms with Crippen molar-refractivity contribution < 1.29 is 4.57 Å². The van der Waals surface area contributed by atoms with Crippen molar-refractivity contribution in [2.24, 2.45) is 0 Å². The molecule has 0 aliphatic rings. The van der Waals surface area contributed by atoms with Crippen LogP contribution in [0.1, 0.15) is 39.8 Å². The van der Waals surface area contributed by atoms with Crippen LogP contribution >= 0.6 is 0 Å². The summed E-state index contributed by atoms with van der Waals surface area (Å²) in [5.41, 5.74) is 0.773. The van der Waals surface area contributed by atoms with Crippen molar-refractivity contribution in [1.82, 2.24) is 4.57 Å². The molecular formula is C11H16BN4. The Morgan fingerprint density at radius 3 is 2.19 bits per heavy atom. The van der Waals surface area contributed by atoms with Crippen molar-refractivity contribution in [1.29, 1.82) is 10.5 Å². The number of imidazole rings is 1. The first kappa shape index (κ1) is 12.3. The van der Waals surface area contributed by atoms with Crippen LogP contribution < -0.4 is 10.3 Å². The highest BCUT2D eigenvalue weighted by Gasteiger charge is 2.21. The molecule has 0 bridgehead atoms. The van der Waals surface area contributed by atoms with Crippen LogP contribution in [0.4, 0.5) is 0 Å². The Morgan fingerprint density at radius 2 is 1.81 bits per heavy atom. The zero-order valence-electron chi connectivity index (χ0n) is 10.2. The van der Waals surface area contributed by atoms with Gasteiger partial charge in [-0.25, -0.2) is 0 Å². The molecule has 0 aliphatic heterocycles. The van der Waals surface area contributed by atoms with Gasteiger partial charge in [0.15, 0.2) is 0 Å². The van der Waals surface area contributed by atoms with Crippen molar-refractivity contribution in [3.63, 3.8) is 0 Å². The number of nitrogens with zero attached hydrogens (tertiary/aromatic N) is 4. The second-order valence-electron chi connectivity index (χ2n) is 4.35. The van der Waals surface area contributed by atoms with Crippen molar-refractivity contribution in [2.45, 2.75) is 39.8 Å². The Balaban J connectivity index is 3.37. The summed E-state index contributed by atoms with van der Waals surface area (Å²) in [6, 6.07) is 0.499. The van der Waals surface area contributed by atoms with Gasteiger partial charge in [-0.3, -0.25) is 19.7 Å². The van der Waals surface area contributed by atoms with E-state index in [-0.39, 0.29) is 12.1 Å². The zero-order chi connectivity index (χ0) is 12.3. The van der Waals surface area contributed by atoms with Gasteiger partial charge < -0.3 is 0 Å². The summed E-state index contributed by atoms with van der Waals surface area (Å²) in [5.74, 6) is 4.08. The van der Waals surface area contributed by atoms with Crippen molar-refractivity contribution in [3.8, 4) is 11.9 Å². The molecule has 0 amide bonds. The molecule has 1 aromatic rings. The number of nitriles is 2. The fourth-order valence-corrected chi connectivity index (χ4v) is 1.75. The predicted molar refractivity (Wildman–Crippen MR) is 62.0 cm³/mol. The SMILES string of the molecule is CC(C)n1cc[n+](C(C)C)c1[B-](C#N)C#N. The van der Waals surface area contributed by atoms with Crippen molar-refractivity contribution in [3.05, 3.63) is 12.4 Å². The predicted octanol–water partition coefficient (Wildman–Crippen LogP) is 0.765. The summed E-state index contributed by atoms with van der Waals surface area (Å²) in [6.45, 7) is 7.46. The maximum atomic E-state index is 9.01. The molecule has 1 heterocycles. The highest BCUT2D eigenvalue weighted by atomic mass is 15.2. The lowest BCUT2D eigenvalue weighted by molar-refractivity contribution is -0.699. The normalized spacial score (nSPS) is 10.8. The number of aromatic nitrogens is 2. The molecule has 0 N–H and O–H groups in total. The molecule has 0 fully saturated rings. The molecule has 4 nitrogen and oxygen atoms in total. The monoisotopic (exact) mass is 215 g/mol. The maximum absolute atomic E-state index is 9.01. The molecule has 0 saturated carbocycles. The van der Waals surface area contributed by atoms with Gasteiger partial charge in [0, 0.05) is 0 Å². The van der Waals surface area contributed by atoms with Crippen LogP contribution in [0, 0.1) is 22.5 Å². The molecule has 16 heavy (non-hydrogen) atoms. The number of hydrogen-bond acceptors (Lipinski definition) is 2. The molecule has 0 aliphatic carbocycles. The molecule has 1 radical (unpaired) electrons. The van der Waals surface area contributed by atoms with E-state index in [9.17, 15) is 0 Å². The Labute approximate surface area is 96.8 Å². The smallest absolute Gasteiger partial charge is 0.235 e. The first-order valence-electron chi connectivity index (χ1n) is 5.44. The minimum Gasteiger partial charge on any atom is -0.269 e. The largest absolute Gasteiger partial charge is 0.269 e. The van der Waals surface area contributed by atoms with Crippen LogP contribution in [0.3, 0.4) is 0 Å². The van der Waals surface area contributed by atoms with Gasteiger partial charge in [0.1, 0.15) is 12.4 Å². The molecule has 83 valence electrons. The fourth-order valence-electron chi connectivity index (χ4n) is 1.75. The second-order valence-corrected chi connectivity index (χ2v) is 4.35. The summed E-state index contributed by atoms with van der Waals surface area (Å²) >= 11 is 0. The lowest BCUT2D eigenvalue weighted by Crippen LogP contribution is -2.58. The molecule has 0 saturated heterocycles. The third kappa shape index (κ3) is 2.09. The Hall–Kier alpha value is -1.75. The van der Waals surface area contributed by atoms with Crippen LogP contribution in [0.5, 0.6) is 0 Å². The maximum Gasteiger partial charge on any atom is 0.235 e. The van der Waals surface area contributed by atoms with Crippen LogP contribution in [0.2, 0.25) is 0 Å². The third-order valence-corrected chi connectivity index (χ3v) is 2.55. The first-order valence-corrected chi connectivity index (χ1v) is 5.44. The number of rotatable bonds is 3. The van der Waals surface area contributed by atoms with Gasteiger partial charge in [-0.2, -0.15) is 11.9 Å². The topological polar surface area (TPSA) is 56.4 Å². The van der Waals surface area contributed by atoms with Gasteiger partial charge in [0.25, 0.3) is 0 Å². The van der Waals surface area contributed by atoms with Crippen LogP contribution in [0.25, 0.3) is 0 Å². The van der Waals surface area contributed by atoms with Crippen LogP contribution in [-0.4, -0.2) is 11.3 Å². The Morgan fingerprint density at radius 1 is 1.25 bits per heavy atom.